The van der Waals surface area contributed by atoms with Crippen LogP contribution in [-0.2, 0) is 9.53 Å². The minimum absolute atomic E-state index is 0.151. The molecule has 1 unspecified atom stereocenters. The van der Waals surface area contributed by atoms with Crippen molar-refractivity contribution in [2.45, 2.75) is 19.4 Å². The third-order valence-corrected chi connectivity index (χ3v) is 3.94. The molecule has 102 valence electrons. The van der Waals surface area contributed by atoms with Gasteiger partial charge in [0, 0.05) is 32.2 Å². The molecule has 1 amide bonds. The second kappa shape index (κ2) is 4.85. The molecule has 1 aliphatic carbocycles. The van der Waals surface area contributed by atoms with E-state index >= 15 is 0 Å². The molecule has 3 atom stereocenters. The van der Waals surface area contributed by atoms with Gasteiger partial charge in [-0.1, -0.05) is 12.1 Å². The zero-order valence-electron chi connectivity index (χ0n) is 11.4. The maximum Gasteiger partial charge on any atom is 0.230 e. The van der Waals surface area contributed by atoms with E-state index in [2.05, 4.69) is 12.2 Å². The molecule has 1 fully saturated rings. The number of anilines is 2. The average molecular weight is 260 g/mol. The number of amides is 1. The average Bonchev–Trinajstić information content (AvgIpc) is 3.16. The van der Waals surface area contributed by atoms with E-state index in [0.717, 1.165) is 24.3 Å². The smallest absolute Gasteiger partial charge is 0.230 e. The van der Waals surface area contributed by atoms with Gasteiger partial charge in [0.1, 0.15) is 0 Å². The van der Waals surface area contributed by atoms with Crippen molar-refractivity contribution in [3.8, 4) is 0 Å². The summed E-state index contributed by atoms with van der Waals surface area (Å²) in [7, 11) is 1.70. The number of ether oxygens (including phenoxy) is 1. The number of carbonyl (C=O) groups excluding carboxylic acids is 1. The van der Waals surface area contributed by atoms with Crippen molar-refractivity contribution >= 4 is 17.3 Å². The number of nitrogens with one attached hydrogen (secondary N) is 1. The maximum atomic E-state index is 12.6. The fourth-order valence-electron chi connectivity index (χ4n) is 2.87. The van der Waals surface area contributed by atoms with Crippen LogP contribution in [0.3, 0.4) is 0 Å². The summed E-state index contributed by atoms with van der Waals surface area (Å²) < 4.78 is 5.14. The van der Waals surface area contributed by atoms with Gasteiger partial charge in [0.25, 0.3) is 0 Å². The van der Waals surface area contributed by atoms with Crippen molar-refractivity contribution in [3.05, 3.63) is 24.3 Å². The summed E-state index contributed by atoms with van der Waals surface area (Å²) in [6.45, 7) is 3.54. The van der Waals surface area contributed by atoms with Gasteiger partial charge in [-0.05, 0) is 31.4 Å². The second-order valence-electron chi connectivity index (χ2n) is 5.57. The summed E-state index contributed by atoms with van der Waals surface area (Å²) in [4.78, 5) is 14.5. The van der Waals surface area contributed by atoms with Gasteiger partial charge in [0.2, 0.25) is 5.91 Å². The van der Waals surface area contributed by atoms with Gasteiger partial charge < -0.3 is 15.0 Å². The predicted molar refractivity (Wildman–Crippen MR) is 75.4 cm³/mol. The first kappa shape index (κ1) is 12.5. The molecule has 0 saturated heterocycles. The monoisotopic (exact) mass is 260 g/mol. The molecular weight excluding hydrogens is 240 g/mol. The number of fused-ring (bicyclic) bond motifs is 1. The number of hydrogen-bond donors (Lipinski definition) is 1. The van der Waals surface area contributed by atoms with Crippen molar-refractivity contribution in [2.24, 2.45) is 11.8 Å². The highest BCUT2D eigenvalue weighted by Gasteiger charge is 2.46. The minimum atomic E-state index is 0.151. The van der Waals surface area contributed by atoms with Gasteiger partial charge in [-0.2, -0.15) is 0 Å². The SMILES string of the molecule is COC[C@@H]1C[C@H]1C(=O)N1CC(C)Nc2ccccc21. The van der Waals surface area contributed by atoms with Crippen LogP contribution in [0.25, 0.3) is 0 Å². The van der Waals surface area contributed by atoms with Gasteiger partial charge in [0.05, 0.1) is 11.4 Å². The lowest BCUT2D eigenvalue weighted by Gasteiger charge is -2.34. The second-order valence-corrected chi connectivity index (χ2v) is 5.57. The first-order chi connectivity index (χ1) is 9.20. The normalized spacial score (nSPS) is 28.5. The highest BCUT2D eigenvalue weighted by Crippen LogP contribution is 2.42. The first-order valence-electron chi connectivity index (χ1n) is 6.86. The Morgan fingerprint density at radius 1 is 1.47 bits per heavy atom. The van der Waals surface area contributed by atoms with Crippen LogP contribution in [0, 0.1) is 11.8 Å². The Labute approximate surface area is 113 Å². The van der Waals surface area contributed by atoms with Gasteiger partial charge in [-0.15, -0.1) is 0 Å². The Hall–Kier alpha value is -1.55. The summed E-state index contributed by atoms with van der Waals surface area (Å²) in [5.41, 5.74) is 2.06. The third-order valence-electron chi connectivity index (χ3n) is 3.94. The Kier molecular flexibility index (Phi) is 3.19. The van der Waals surface area contributed by atoms with E-state index in [-0.39, 0.29) is 11.8 Å². The lowest BCUT2D eigenvalue weighted by atomic mass is 10.1. The molecule has 19 heavy (non-hydrogen) atoms. The number of para-hydroxylation sites is 2. The van der Waals surface area contributed by atoms with Crippen LogP contribution < -0.4 is 10.2 Å². The zero-order chi connectivity index (χ0) is 13.4. The largest absolute Gasteiger partial charge is 0.384 e. The first-order valence-corrected chi connectivity index (χ1v) is 6.86. The van der Waals surface area contributed by atoms with E-state index < -0.39 is 0 Å². The zero-order valence-corrected chi connectivity index (χ0v) is 11.4. The van der Waals surface area contributed by atoms with Gasteiger partial charge in [-0.3, -0.25) is 4.79 Å². The number of carbonyl (C=O) groups is 1. The Balaban J connectivity index is 1.80. The highest BCUT2D eigenvalue weighted by atomic mass is 16.5. The Morgan fingerprint density at radius 2 is 2.26 bits per heavy atom. The van der Waals surface area contributed by atoms with Crippen molar-refractivity contribution in [2.75, 3.05) is 30.5 Å². The minimum Gasteiger partial charge on any atom is -0.384 e. The fraction of sp³-hybridized carbons (Fsp3) is 0.533. The maximum absolute atomic E-state index is 12.6. The van der Waals surface area contributed by atoms with E-state index in [4.69, 9.17) is 4.74 Å². The predicted octanol–water partition coefficient (Wildman–Crippen LogP) is 2.12. The molecule has 4 nitrogen and oxygen atoms in total. The van der Waals surface area contributed by atoms with Crippen molar-refractivity contribution in [1.29, 1.82) is 0 Å². The molecule has 1 aliphatic heterocycles. The molecule has 1 N–H and O–H groups in total. The molecule has 1 saturated carbocycles. The summed E-state index contributed by atoms with van der Waals surface area (Å²) in [6, 6.07) is 8.32. The van der Waals surface area contributed by atoms with Crippen LogP contribution in [0.15, 0.2) is 24.3 Å². The van der Waals surface area contributed by atoms with Crippen molar-refractivity contribution in [1.82, 2.24) is 0 Å². The van der Waals surface area contributed by atoms with Gasteiger partial charge in [0.15, 0.2) is 0 Å². The molecular formula is C15H20N2O2. The van der Waals surface area contributed by atoms with Crippen molar-refractivity contribution in [3.63, 3.8) is 0 Å². The highest BCUT2D eigenvalue weighted by molar-refractivity contribution is 6.00. The molecule has 1 aromatic carbocycles. The Bertz CT molecular complexity index is 489. The van der Waals surface area contributed by atoms with E-state index in [1.807, 2.05) is 29.2 Å². The summed E-state index contributed by atoms with van der Waals surface area (Å²) in [5.74, 6) is 0.816. The summed E-state index contributed by atoms with van der Waals surface area (Å²) >= 11 is 0. The topological polar surface area (TPSA) is 41.6 Å². The molecule has 1 aromatic rings. The number of benzene rings is 1. The Morgan fingerprint density at radius 3 is 3.05 bits per heavy atom. The van der Waals surface area contributed by atoms with Crippen LogP contribution in [0.4, 0.5) is 11.4 Å². The number of nitrogens with zero attached hydrogens (tertiary/aromatic N) is 1. The molecule has 0 spiro atoms. The third kappa shape index (κ3) is 2.32. The molecule has 0 bridgehead atoms. The van der Waals surface area contributed by atoms with Crippen LogP contribution in [-0.4, -0.2) is 32.2 Å². The number of hydrogen-bond acceptors (Lipinski definition) is 3. The molecule has 3 rings (SSSR count). The molecule has 4 heteroatoms. The van der Waals surface area contributed by atoms with E-state index in [1.165, 1.54) is 0 Å². The standard InChI is InChI=1S/C15H20N2O2/c1-10-8-17(14-6-4-3-5-13(14)16-10)15(18)12-7-11(12)9-19-2/h3-6,10-12,16H,7-9H2,1-2H3/t10?,11-,12+/m0/s1. The summed E-state index contributed by atoms with van der Waals surface area (Å²) in [5, 5.41) is 3.42. The quantitative estimate of drug-likeness (QED) is 0.905. The summed E-state index contributed by atoms with van der Waals surface area (Å²) in [6.07, 6.45) is 0.965. The van der Waals surface area contributed by atoms with Crippen LogP contribution in [0.5, 0.6) is 0 Å². The number of methoxy groups -OCH3 is 1. The fourth-order valence-corrected chi connectivity index (χ4v) is 2.87. The molecule has 1 heterocycles. The molecule has 2 aliphatic rings. The van der Waals surface area contributed by atoms with Crippen LogP contribution >= 0.6 is 0 Å². The lowest BCUT2D eigenvalue weighted by Crippen LogP contribution is -2.44. The lowest BCUT2D eigenvalue weighted by molar-refractivity contribution is -0.120. The van der Waals surface area contributed by atoms with Gasteiger partial charge in [-0.25, -0.2) is 0 Å². The van der Waals surface area contributed by atoms with Crippen molar-refractivity contribution < 1.29 is 9.53 Å². The van der Waals surface area contributed by atoms with E-state index in [1.54, 1.807) is 7.11 Å². The van der Waals surface area contributed by atoms with Crippen LogP contribution in [0.1, 0.15) is 13.3 Å². The van der Waals surface area contributed by atoms with Crippen LogP contribution in [0.2, 0.25) is 0 Å². The molecule has 0 aromatic heterocycles. The van der Waals surface area contributed by atoms with E-state index in [0.29, 0.717) is 18.6 Å². The van der Waals surface area contributed by atoms with E-state index in [9.17, 15) is 4.79 Å². The number of rotatable bonds is 3. The molecule has 0 radical (unpaired) electrons. The van der Waals surface area contributed by atoms with Gasteiger partial charge >= 0.3 is 0 Å².